The van der Waals surface area contributed by atoms with Crippen LogP contribution in [0.1, 0.15) is 5.56 Å². The minimum absolute atomic E-state index is 0.222. The van der Waals surface area contributed by atoms with Crippen LogP contribution in [0.2, 0.25) is 0 Å². The van der Waals surface area contributed by atoms with Gasteiger partial charge in [0, 0.05) is 51.6 Å². The molecule has 8 heteroatoms. The van der Waals surface area contributed by atoms with Crippen LogP contribution in [0.25, 0.3) is 0 Å². The van der Waals surface area contributed by atoms with Crippen LogP contribution in [-0.4, -0.2) is 44.4 Å². The summed E-state index contributed by atoms with van der Waals surface area (Å²) in [7, 11) is 4.51. The van der Waals surface area contributed by atoms with E-state index < -0.39 is 41.3 Å². The lowest BCUT2D eigenvalue weighted by Gasteiger charge is -2.12. The largest absolute Gasteiger partial charge is 0.383 e. The Labute approximate surface area is 131 Å². The highest BCUT2D eigenvalue weighted by atomic mass is 19.1. The lowest BCUT2D eigenvalue weighted by Crippen LogP contribution is -2.31. The highest BCUT2D eigenvalue weighted by Crippen LogP contribution is 2.14. The molecular weight excluding hydrogens is 313 g/mol. The van der Waals surface area contributed by atoms with E-state index in [1.807, 2.05) is 0 Å². The average molecular weight is 330 g/mol. The minimum Gasteiger partial charge on any atom is -0.383 e. The van der Waals surface area contributed by atoms with Crippen molar-refractivity contribution in [2.45, 2.75) is 6.54 Å². The van der Waals surface area contributed by atoms with Crippen LogP contribution in [0.3, 0.4) is 0 Å². The molecule has 0 heterocycles. The second-order valence-corrected chi connectivity index (χ2v) is 4.89. The quantitative estimate of drug-likeness (QED) is 0.466. The Morgan fingerprint density at radius 3 is 2.26 bits per heavy atom. The third kappa shape index (κ3) is 5.41. The maximum Gasteiger partial charge on any atom is 0.256 e. The Morgan fingerprint density at radius 2 is 1.78 bits per heavy atom. The summed E-state index contributed by atoms with van der Waals surface area (Å²) in [5.41, 5.74) is -0.720. The summed E-state index contributed by atoms with van der Waals surface area (Å²) in [6, 6.07) is 1.02. The predicted octanol–water partition coefficient (Wildman–Crippen LogP) is 1.38. The van der Waals surface area contributed by atoms with Crippen molar-refractivity contribution in [3.63, 3.8) is 0 Å². The highest BCUT2D eigenvalue weighted by Gasteiger charge is 2.20. The first-order valence-corrected chi connectivity index (χ1v) is 6.58. The molecule has 1 aromatic carbocycles. The number of nitrogens with one attached hydrogen (secondary N) is 1. The molecule has 0 bridgehead atoms. The number of Topliss-reactive ketones (excluding diaryl/α,β-unsaturated/α-hetero) is 1. The van der Waals surface area contributed by atoms with Gasteiger partial charge in [-0.2, -0.15) is 0 Å². The van der Waals surface area contributed by atoms with Gasteiger partial charge in [-0.1, -0.05) is 0 Å². The fraction of sp³-hybridized carbons (Fsp3) is 0.333. The van der Waals surface area contributed by atoms with Crippen LogP contribution in [0.4, 0.5) is 13.2 Å². The van der Waals surface area contributed by atoms with E-state index in [0.717, 1.165) is 0 Å². The molecule has 5 nitrogen and oxygen atoms in total. The third-order valence-electron chi connectivity index (χ3n) is 2.74. The molecule has 0 aromatic heterocycles. The van der Waals surface area contributed by atoms with Crippen molar-refractivity contribution in [3.05, 3.63) is 46.9 Å². The second-order valence-electron chi connectivity index (χ2n) is 4.89. The Kier molecular flexibility index (Phi) is 6.77. The van der Waals surface area contributed by atoms with Crippen molar-refractivity contribution in [2.24, 2.45) is 0 Å². The molecular formula is C15H17F3N2O3. The first-order valence-electron chi connectivity index (χ1n) is 6.58. The Bertz CT molecular complexity index is 607. The van der Waals surface area contributed by atoms with Gasteiger partial charge in [-0.15, -0.1) is 0 Å². The summed E-state index contributed by atoms with van der Waals surface area (Å²) < 4.78 is 44.5. The summed E-state index contributed by atoms with van der Waals surface area (Å²) in [6.45, 7) is -0.839. The third-order valence-corrected chi connectivity index (χ3v) is 2.74. The van der Waals surface area contributed by atoms with E-state index in [1.54, 1.807) is 14.1 Å². The fourth-order valence-corrected chi connectivity index (χ4v) is 1.73. The smallest absolute Gasteiger partial charge is 0.256 e. The predicted molar refractivity (Wildman–Crippen MR) is 76.8 cm³/mol. The number of ether oxygens (including phenoxy) is 1. The van der Waals surface area contributed by atoms with Crippen molar-refractivity contribution in [1.29, 1.82) is 0 Å². The summed E-state index contributed by atoms with van der Waals surface area (Å²) >= 11 is 0. The molecule has 0 unspecified atom stereocenters. The molecule has 126 valence electrons. The SMILES string of the molecule is COCC(=O)/C(=C\N(C)C)C(=O)NCc1c(F)cc(F)cc1F. The van der Waals surface area contributed by atoms with Gasteiger partial charge in [0.2, 0.25) is 0 Å². The van der Waals surface area contributed by atoms with Crippen LogP contribution in [0.15, 0.2) is 23.9 Å². The topological polar surface area (TPSA) is 58.6 Å². The Hall–Kier alpha value is -2.35. The van der Waals surface area contributed by atoms with Gasteiger partial charge in [-0.05, 0) is 0 Å². The standard InChI is InChI=1S/C15H17F3N2O3/c1-20(2)7-11(14(21)8-23-3)15(22)19-6-10-12(17)4-9(16)5-13(10)18/h4-5,7H,6,8H2,1-3H3,(H,19,22)/b11-7+. The number of hydrogen-bond acceptors (Lipinski definition) is 4. The van der Waals surface area contributed by atoms with Crippen molar-refractivity contribution in [1.82, 2.24) is 10.2 Å². The summed E-state index contributed by atoms with van der Waals surface area (Å²) in [6.07, 6.45) is 1.27. The van der Waals surface area contributed by atoms with E-state index in [0.29, 0.717) is 12.1 Å². The van der Waals surface area contributed by atoms with Crippen molar-refractivity contribution >= 4 is 11.7 Å². The Morgan fingerprint density at radius 1 is 1.22 bits per heavy atom. The molecule has 0 saturated carbocycles. The lowest BCUT2D eigenvalue weighted by atomic mass is 10.1. The maximum atomic E-state index is 13.5. The van der Waals surface area contributed by atoms with E-state index in [2.05, 4.69) is 10.1 Å². The molecule has 0 atom stereocenters. The first kappa shape index (κ1) is 18.7. The molecule has 0 spiro atoms. The zero-order valence-electron chi connectivity index (χ0n) is 13.0. The van der Waals surface area contributed by atoms with Crippen LogP contribution < -0.4 is 5.32 Å². The number of carbonyl (C=O) groups excluding carboxylic acids is 2. The molecule has 1 amide bonds. The fourth-order valence-electron chi connectivity index (χ4n) is 1.73. The van der Waals surface area contributed by atoms with E-state index in [4.69, 9.17) is 0 Å². The molecule has 0 radical (unpaired) electrons. The van der Waals surface area contributed by atoms with Gasteiger partial charge in [0.05, 0.1) is 0 Å². The van der Waals surface area contributed by atoms with Gasteiger partial charge < -0.3 is 15.0 Å². The van der Waals surface area contributed by atoms with Crippen LogP contribution >= 0.6 is 0 Å². The molecule has 1 N–H and O–H groups in total. The minimum atomic E-state index is -1.12. The zero-order chi connectivity index (χ0) is 17.6. The second kappa shape index (κ2) is 8.33. The monoisotopic (exact) mass is 330 g/mol. The molecule has 0 aliphatic heterocycles. The van der Waals surface area contributed by atoms with Gasteiger partial charge in [-0.3, -0.25) is 9.59 Å². The number of benzene rings is 1. The molecule has 1 aromatic rings. The van der Waals surface area contributed by atoms with Crippen LogP contribution in [0.5, 0.6) is 0 Å². The number of nitrogens with zero attached hydrogens (tertiary/aromatic N) is 1. The van der Waals surface area contributed by atoms with Gasteiger partial charge in [0.1, 0.15) is 29.6 Å². The number of ketones is 1. The molecule has 0 saturated heterocycles. The molecule has 0 aliphatic rings. The van der Waals surface area contributed by atoms with E-state index in [1.165, 1.54) is 18.2 Å². The normalized spacial score (nSPS) is 11.3. The average Bonchev–Trinajstić information content (AvgIpc) is 2.43. The van der Waals surface area contributed by atoms with Crippen LogP contribution in [-0.2, 0) is 20.9 Å². The number of hydrogen-bond donors (Lipinski definition) is 1. The number of amides is 1. The van der Waals surface area contributed by atoms with E-state index in [-0.39, 0.29) is 12.2 Å². The molecule has 0 fully saturated rings. The van der Waals surface area contributed by atoms with Crippen LogP contribution in [0, 0.1) is 17.5 Å². The van der Waals surface area contributed by atoms with Gasteiger partial charge in [0.25, 0.3) is 5.91 Å². The van der Waals surface area contributed by atoms with Gasteiger partial charge in [-0.25, -0.2) is 13.2 Å². The van der Waals surface area contributed by atoms with Gasteiger partial charge in [0.15, 0.2) is 5.78 Å². The zero-order valence-corrected chi connectivity index (χ0v) is 13.0. The lowest BCUT2D eigenvalue weighted by molar-refractivity contribution is -0.124. The van der Waals surface area contributed by atoms with Crippen molar-refractivity contribution in [2.75, 3.05) is 27.8 Å². The summed E-state index contributed by atoms with van der Waals surface area (Å²) in [5.74, 6) is -4.70. The molecule has 1 rings (SSSR count). The number of methoxy groups -OCH3 is 1. The highest BCUT2D eigenvalue weighted by molar-refractivity contribution is 6.19. The number of carbonyl (C=O) groups is 2. The number of rotatable bonds is 7. The van der Waals surface area contributed by atoms with Gasteiger partial charge >= 0.3 is 0 Å². The van der Waals surface area contributed by atoms with Crippen molar-refractivity contribution in [3.8, 4) is 0 Å². The summed E-state index contributed by atoms with van der Waals surface area (Å²) in [5, 5.41) is 2.23. The Balaban J connectivity index is 2.90. The van der Waals surface area contributed by atoms with E-state index in [9.17, 15) is 22.8 Å². The maximum absolute atomic E-state index is 13.5. The molecule has 23 heavy (non-hydrogen) atoms. The summed E-state index contributed by atoms with van der Waals surface area (Å²) in [4.78, 5) is 25.4. The van der Waals surface area contributed by atoms with Crippen molar-refractivity contribution < 1.29 is 27.5 Å². The first-order chi connectivity index (χ1) is 10.8. The number of halogens is 3. The van der Waals surface area contributed by atoms with E-state index >= 15 is 0 Å². The molecule has 0 aliphatic carbocycles.